The normalized spacial score (nSPS) is 10.7. The van der Waals surface area contributed by atoms with Gasteiger partial charge in [-0.3, -0.25) is 0 Å². The molecule has 0 amide bonds. The van der Waals surface area contributed by atoms with Crippen LogP contribution in [0.25, 0.3) is 0 Å². The molecule has 6 heteroatoms. The minimum Gasteiger partial charge on any atom is -0.486 e. The third kappa shape index (κ3) is 4.25. The monoisotopic (exact) mass is 419 g/mol. The van der Waals surface area contributed by atoms with Gasteiger partial charge in [0.05, 0.1) is 8.95 Å². The Morgan fingerprint density at radius 3 is 2.33 bits per heavy atom. The van der Waals surface area contributed by atoms with E-state index in [1.807, 2.05) is 12.1 Å². The summed E-state index contributed by atoms with van der Waals surface area (Å²) in [4.78, 5) is 0. The van der Waals surface area contributed by atoms with Crippen LogP contribution in [0.3, 0.4) is 0 Å². The van der Waals surface area contributed by atoms with Gasteiger partial charge in [0.15, 0.2) is 0 Å². The molecule has 0 bridgehead atoms. The van der Waals surface area contributed by atoms with Crippen molar-refractivity contribution in [3.8, 4) is 5.75 Å². The molecule has 0 spiro atoms. The predicted octanol–water partition coefficient (Wildman–Crippen LogP) is 4.57. The van der Waals surface area contributed by atoms with Gasteiger partial charge >= 0.3 is 0 Å². The van der Waals surface area contributed by atoms with Crippen LogP contribution in [-0.2, 0) is 13.0 Å². The van der Waals surface area contributed by atoms with Crippen LogP contribution in [0.1, 0.15) is 11.1 Å². The van der Waals surface area contributed by atoms with E-state index in [1.165, 1.54) is 0 Å². The van der Waals surface area contributed by atoms with Gasteiger partial charge in [-0.25, -0.2) is 8.78 Å². The van der Waals surface area contributed by atoms with Crippen molar-refractivity contribution in [2.45, 2.75) is 13.0 Å². The molecular weight excluding hydrogens is 408 g/mol. The lowest BCUT2D eigenvalue weighted by Crippen LogP contribution is -2.04. The van der Waals surface area contributed by atoms with Crippen LogP contribution in [0.15, 0.2) is 39.3 Å². The summed E-state index contributed by atoms with van der Waals surface area (Å²) >= 11 is 6.82. The highest BCUT2D eigenvalue weighted by Gasteiger charge is 2.11. The van der Waals surface area contributed by atoms with Gasteiger partial charge in [0.1, 0.15) is 24.0 Å². The van der Waals surface area contributed by atoms with Crippen LogP contribution in [0.5, 0.6) is 5.75 Å². The second-order valence-corrected chi connectivity index (χ2v) is 6.16. The summed E-state index contributed by atoms with van der Waals surface area (Å²) in [7, 11) is 0. The van der Waals surface area contributed by atoms with Crippen LogP contribution in [0, 0.1) is 11.6 Å². The summed E-state index contributed by atoms with van der Waals surface area (Å²) in [5, 5.41) is 0. The van der Waals surface area contributed by atoms with E-state index in [4.69, 9.17) is 10.5 Å². The van der Waals surface area contributed by atoms with Crippen LogP contribution >= 0.6 is 31.9 Å². The number of halogens is 4. The lowest BCUT2D eigenvalue weighted by molar-refractivity contribution is 0.295. The maximum Gasteiger partial charge on any atom is 0.148 e. The van der Waals surface area contributed by atoms with E-state index < -0.39 is 11.6 Å². The maximum absolute atomic E-state index is 13.6. The first-order valence-corrected chi connectivity index (χ1v) is 7.84. The van der Waals surface area contributed by atoms with Gasteiger partial charge in [-0.05, 0) is 80.7 Å². The highest BCUT2D eigenvalue weighted by molar-refractivity contribution is 9.11. The molecule has 0 radical (unpaired) electrons. The SMILES string of the molecule is NCCc1cc(Br)c(OCc2cc(F)ccc2F)c(Br)c1. The Bertz CT molecular complexity index is 627. The number of benzene rings is 2. The number of hydrogen-bond donors (Lipinski definition) is 1. The molecule has 2 aromatic carbocycles. The average molecular weight is 421 g/mol. The van der Waals surface area contributed by atoms with Gasteiger partial charge in [-0.1, -0.05) is 0 Å². The Morgan fingerprint density at radius 2 is 1.71 bits per heavy atom. The molecule has 0 aliphatic carbocycles. The number of ether oxygens (including phenoxy) is 1. The first-order chi connectivity index (χ1) is 10.0. The van der Waals surface area contributed by atoms with Crippen LogP contribution < -0.4 is 10.5 Å². The molecule has 0 aromatic heterocycles. The van der Waals surface area contributed by atoms with Crippen molar-refractivity contribution < 1.29 is 13.5 Å². The smallest absolute Gasteiger partial charge is 0.148 e. The zero-order valence-corrected chi connectivity index (χ0v) is 14.2. The molecular formula is C15H13Br2F2NO. The molecule has 0 saturated heterocycles. The van der Waals surface area contributed by atoms with E-state index >= 15 is 0 Å². The molecule has 0 aliphatic rings. The van der Waals surface area contributed by atoms with Gasteiger partial charge in [0.25, 0.3) is 0 Å². The Labute approximate surface area is 138 Å². The summed E-state index contributed by atoms with van der Waals surface area (Å²) in [5.41, 5.74) is 6.75. The average Bonchev–Trinajstić information content (AvgIpc) is 2.42. The van der Waals surface area contributed by atoms with Gasteiger partial charge in [0.2, 0.25) is 0 Å². The Kier molecular flexibility index (Phi) is 5.72. The van der Waals surface area contributed by atoms with Crippen LogP contribution in [-0.4, -0.2) is 6.54 Å². The summed E-state index contributed by atoms with van der Waals surface area (Å²) in [6, 6.07) is 7.08. The molecule has 2 nitrogen and oxygen atoms in total. The molecule has 0 fully saturated rings. The van der Waals surface area contributed by atoms with Gasteiger partial charge in [0, 0.05) is 5.56 Å². The van der Waals surface area contributed by atoms with Gasteiger partial charge in [-0.15, -0.1) is 0 Å². The topological polar surface area (TPSA) is 35.2 Å². The molecule has 2 N–H and O–H groups in total. The van der Waals surface area contributed by atoms with Crippen molar-refractivity contribution in [2.24, 2.45) is 5.73 Å². The lowest BCUT2D eigenvalue weighted by Gasteiger charge is -2.12. The fraction of sp³-hybridized carbons (Fsp3) is 0.200. The fourth-order valence-electron chi connectivity index (χ4n) is 1.87. The summed E-state index contributed by atoms with van der Waals surface area (Å²) in [5.74, 6) is -0.450. The summed E-state index contributed by atoms with van der Waals surface area (Å²) < 4.78 is 33.7. The maximum atomic E-state index is 13.6. The quantitative estimate of drug-likeness (QED) is 0.768. The third-order valence-electron chi connectivity index (χ3n) is 2.87. The number of nitrogens with two attached hydrogens (primary N) is 1. The minimum absolute atomic E-state index is 0.0585. The standard InChI is InChI=1S/C15H13Br2F2NO/c16-12-5-9(3-4-20)6-13(17)15(12)21-8-10-7-11(18)1-2-14(10)19/h1-2,5-7H,3-4,8,20H2. The Morgan fingerprint density at radius 1 is 1.05 bits per heavy atom. The van der Waals surface area contributed by atoms with Crippen LogP contribution in [0.4, 0.5) is 8.78 Å². The predicted molar refractivity (Wildman–Crippen MR) is 85.3 cm³/mol. The van der Waals surface area contributed by atoms with E-state index in [0.29, 0.717) is 12.3 Å². The van der Waals surface area contributed by atoms with Crippen LogP contribution in [0.2, 0.25) is 0 Å². The van der Waals surface area contributed by atoms with Crippen molar-refractivity contribution in [3.05, 3.63) is 62.0 Å². The van der Waals surface area contributed by atoms with Crippen molar-refractivity contribution in [1.29, 1.82) is 0 Å². The summed E-state index contributed by atoms with van der Waals surface area (Å²) in [6.07, 6.45) is 0.746. The van der Waals surface area contributed by atoms with Crippen molar-refractivity contribution in [1.82, 2.24) is 0 Å². The van der Waals surface area contributed by atoms with Crippen molar-refractivity contribution in [3.63, 3.8) is 0 Å². The highest BCUT2D eigenvalue weighted by atomic mass is 79.9. The molecule has 112 valence electrons. The highest BCUT2D eigenvalue weighted by Crippen LogP contribution is 2.35. The second-order valence-electron chi connectivity index (χ2n) is 4.45. The molecule has 0 saturated carbocycles. The van der Waals surface area contributed by atoms with E-state index in [2.05, 4.69) is 31.9 Å². The van der Waals surface area contributed by atoms with E-state index in [-0.39, 0.29) is 12.2 Å². The first kappa shape index (κ1) is 16.4. The number of hydrogen-bond acceptors (Lipinski definition) is 2. The fourth-order valence-corrected chi connectivity index (χ4v) is 3.38. The Hall–Kier alpha value is -0.980. The third-order valence-corrected chi connectivity index (χ3v) is 4.05. The minimum atomic E-state index is -0.497. The van der Waals surface area contributed by atoms with Gasteiger partial charge in [-0.2, -0.15) is 0 Å². The largest absolute Gasteiger partial charge is 0.486 e. The van der Waals surface area contributed by atoms with E-state index in [9.17, 15) is 8.78 Å². The van der Waals surface area contributed by atoms with Crippen molar-refractivity contribution >= 4 is 31.9 Å². The molecule has 0 heterocycles. The molecule has 0 unspecified atom stereocenters. The summed E-state index contributed by atoms with van der Waals surface area (Å²) in [6.45, 7) is 0.491. The van der Waals surface area contributed by atoms with Gasteiger partial charge < -0.3 is 10.5 Å². The molecule has 0 atom stereocenters. The van der Waals surface area contributed by atoms with E-state index in [0.717, 1.165) is 39.1 Å². The Balaban J connectivity index is 2.18. The van der Waals surface area contributed by atoms with E-state index in [1.54, 1.807) is 0 Å². The molecule has 0 aliphatic heterocycles. The van der Waals surface area contributed by atoms with Crippen molar-refractivity contribution in [2.75, 3.05) is 6.54 Å². The number of rotatable bonds is 5. The first-order valence-electron chi connectivity index (χ1n) is 6.26. The molecule has 21 heavy (non-hydrogen) atoms. The second kappa shape index (κ2) is 7.33. The molecule has 2 rings (SSSR count). The zero-order valence-electron chi connectivity index (χ0n) is 11.0. The zero-order chi connectivity index (χ0) is 15.4. The molecule has 2 aromatic rings. The lowest BCUT2D eigenvalue weighted by atomic mass is 10.1.